The van der Waals surface area contributed by atoms with Gasteiger partial charge >= 0.3 is 0 Å². The fraction of sp³-hybridized carbons (Fsp3) is 0.562. The van der Waals surface area contributed by atoms with Gasteiger partial charge < -0.3 is 10.1 Å². The highest BCUT2D eigenvalue weighted by atomic mass is 16.5. The zero-order valence-corrected chi connectivity index (χ0v) is 11.4. The first-order valence-corrected chi connectivity index (χ1v) is 7.05. The predicted octanol–water partition coefficient (Wildman–Crippen LogP) is 2.85. The van der Waals surface area contributed by atoms with Crippen molar-refractivity contribution in [3.63, 3.8) is 0 Å². The van der Waals surface area contributed by atoms with E-state index in [4.69, 9.17) is 10.00 Å². The van der Waals surface area contributed by atoms with Crippen LogP contribution in [0.2, 0.25) is 0 Å². The van der Waals surface area contributed by atoms with Crippen molar-refractivity contribution in [2.24, 2.45) is 11.3 Å². The van der Waals surface area contributed by atoms with E-state index in [-0.39, 0.29) is 0 Å². The fourth-order valence-corrected chi connectivity index (χ4v) is 3.02. The minimum absolute atomic E-state index is 0.611. The number of nitrogens with one attached hydrogen (secondary N) is 1. The van der Waals surface area contributed by atoms with Crippen LogP contribution in [0.25, 0.3) is 0 Å². The zero-order chi connectivity index (χ0) is 13.3. The van der Waals surface area contributed by atoms with Crippen molar-refractivity contribution in [1.29, 1.82) is 5.26 Å². The SMILES string of the molecule is COc1ccc(C#N)cc1CNCC1(C2CC2)CC1. The molecule has 0 amide bonds. The molecule has 1 aromatic rings. The van der Waals surface area contributed by atoms with Crippen LogP contribution in [0.5, 0.6) is 5.75 Å². The monoisotopic (exact) mass is 256 g/mol. The summed E-state index contributed by atoms with van der Waals surface area (Å²) in [5.74, 6) is 1.84. The van der Waals surface area contributed by atoms with Gasteiger partial charge in [-0.15, -0.1) is 0 Å². The molecule has 0 spiro atoms. The highest BCUT2D eigenvalue weighted by Crippen LogP contribution is 2.60. The van der Waals surface area contributed by atoms with Crippen LogP contribution in [-0.2, 0) is 6.54 Å². The Bertz CT molecular complexity index is 510. The van der Waals surface area contributed by atoms with Crippen LogP contribution in [-0.4, -0.2) is 13.7 Å². The lowest BCUT2D eigenvalue weighted by atomic mass is 10.0. The summed E-state index contributed by atoms with van der Waals surface area (Å²) in [6, 6.07) is 7.78. The highest BCUT2D eigenvalue weighted by Gasteiger charge is 2.53. The summed E-state index contributed by atoms with van der Waals surface area (Å²) in [5, 5.41) is 12.5. The predicted molar refractivity (Wildman–Crippen MR) is 73.8 cm³/mol. The Kier molecular flexibility index (Phi) is 3.20. The maximum atomic E-state index is 8.96. The molecule has 1 N–H and O–H groups in total. The summed E-state index contributed by atoms with van der Waals surface area (Å²) < 4.78 is 5.35. The van der Waals surface area contributed by atoms with E-state index in [0.29, 0.717) is 11.0 Å². The quantitative estimate of drug-likeness (QED) is 0.851. The minimum atomic E-state index is 0.611. The molecule has 2 aliphatic carbocycles. The molecule has 0 bridgehead atoms. The average molecular weight is 256 g/mol. The second kappa shape index (κ2) is 4.86. The van der Waals surface area contributed by atoms with Crippen molar-refractivity contribution >= 4 is 0 Å². The molecule has 0 atom stereocenters. The normalized spacial score (nSPS) is 19.8. The van der Waals surface area contributed by atoms with E-state index in [0.717, 1.165) is 30.3 Å². The maximum Gasteiger partial charge on any atom is 0.123 e. The van der Waals surface area contributed by atoms with Gasteiger partial charge in [-0.05, 0) is 55.2 Å². The van der Waals surface area contributed by atoms with Gasteiger partial charge in [0.05, 0.1) is 18.7 Å². The van der Waals surface area contributed by atoms with E-state index < -0.39 is 0 Å². The second-order valence-corrected chi connectivity index (χ2v) is 5.88. The van der Waals surface area contributed by atoms with E-state index in [9.17, 15) is 0 Å². The van der Waals surface area contributed by atoms with Gasteiger partial charge in [-0.2, -0.15) is 5.26 Å². The van der Waals surface area contributed by atoms with Gasteiger partial charge in [0.1, 0.15) is 5.75 Å². The van der Waals surface area contributed by atoms with E-state index in [1.54, 1.807) is 13.2 Å². The third-order valence-electron chi connectivity index (χ3n) is 4.54. The van der Waals surface area contributed by atoms with E-state index in [1.807, 2.05) is 12.1 Å². The molecule has 0 aromatic heterocycles. The molecule has 3 nitrogen and oxygen atoms in total. The van der Waals surface area contributed by atoms with Crippen LogP contribution in [0.15, 0.2) is 18.2 Å². The molecule has 2 saturated carbocycles. The minimum Gasteiger partial charge on any atom is -0.496 e. The number of rotatable bonds is 6. The molecule has 3 heteroatoms. The van der Waals surface area contributed by atoms with Gasteiger partial charge in [0, 0.05) is 18.7 Å². The Hall–Kier alpha value is -1.53. The standard InChI is InChI=1S/C16H20N2O/c1-19-15-5-2-12(9-17)8-13(15)10-18-11-16(6-7-16)14-3-4-14/h2,5,8,14,18H,3-4,6-7,10-11H2,1H3. The summed E-state index contributed by atoms with van der Waals surface area (Å²) in [5.41, 5.74) is 2.38. The van der Waals surface area contributed by atoms with Crippen molar-refractivity contribution in [3.05, 3.63) is 29.3 Å². The zero-order valence-electron chi connectivity index (χ0n) is 11.4. The van der Waals surface area contributed by atoms with Crippen LogP contribution < -0.4 is 10.1 Å². The molecule has 0 heterocycles. The molecule has 2 fully saturated rings. The molecular formula is C16H20N2O. The van der Waals surface area contributed by atoms with Gasteiger partial charge in [-0.3, -0.25) is 0 Å². The van der Waals surface area contributed by atoms with Gasteiger partial charge in [-0.25, -0.2) is 0 Å². The molecule has 2 aliphatic rings. The largest absolute Gasteiger partial charge is 0.496 e. The molecule has 3 rings (SSSR count). The van der Waals surface area contributed by atoms with Gasteiger partial charge in [0.2, 0.25) is 0 Å². The second-order valence-electron chi connectivity index (χ2n) is 5.88. The van der Waals surface area contributed by atoms with Crippen LogP contribution >= 0.6 is 0 Å². The Morgan fingerprint density at radius 1 is 1.42 bits per heavy atom. The van der Waals surface area contributed by atoms with Crippen molar-refractivity contribution in [1.82, 2.24) is 5.32 Å². The summed E-state index contributed by atoms with van der Waals surface area (Å²) >= 11 is 0. The molecule has 0 radical (unpaired) electrons. The maximum absolute atomic E-state index is 8.96. The van der Waals surface area contributed by atoms with Crippen molar-refractivity contribution < 1.29 is 4.74 Å². The first-order chi connectivity index (χ1) is 9.27. The van der Waals surface area contributed by atoms with E-state index >= 15 is 0 Å². The fourth-order valence-electron chi connectivity index (χ4n) is 3.02. The number of hydrogen-bond donors (Lipinski definition) is 1. The lowest BCUT2D eigenvalue weighted by molar-refractivity contribution is 0.390. The van der Waals surface area contributed by atoms with Gasteiger partial charge in [-0.1, -0.05) is 0 Å². The van der Waals surface area contributed by atoms with Gasteiger partial charge in [0.15, 0.2) is 0 Å². The van der Waals surface area contributed by atoms with Crippen LogP contribution in [0, 0.1) is 22.7 Å². The molecule has 0 saturated heterocycles. The van der Waals surface area contributed by atoms with E-state index in [2.05, 4.69) is 11.4 Å². The Balaban J connectivity index is 1.61. The highest BCUT2D eigenvalue weighted by molar-refractivity contribution is 5.42. The third-order valence-corrected chi connectivity index (χ3v) is 4.54. The molecule has 0 unspecified atom stereocenters. The van der Waals surface area contributed by atoms with Crippen molar-refractivity contribution in [3.8, 4) is 11.8 Å². The summed E-state index contributed by atoms with van der Waals surface area (Å²) in [7, 11) is 1.68. The summed E-state index contributed by atoms with van der Waals surface area (Å²) in [6.45, 7) is 1.89. The molecule has 100 valence electrons. The molecular weight excluding hydrogens is 236 g/mol. The summed E-state index contributed by atoms with van der Waals surface area (Å²) in [6.07, 6.45) is 5.63. The van der Waals surface area contributed by atoms with Crippen LogP contribution in [0.1, 0.15) is 36.8 Å². The van der Waals surface area contributed by atoms with Crippen LogP contribution in [0.4, 0.5) is 0 Å². The van der Waals surface area contributed by atoms with Crippen molar-refractivity contribution in [2.45, 2.75) is 32.2 Å². The topological polar surface area (TPSA) is 45.0 Å². The molecule has 1 aromatic carbocycles. The lowest BCUT2D eigenvalue weighted by Crippen LogP contribution is -2.25. The number of hydrogen-bond acceptors (Lipinski definition) is 3. The number of nitriles is 1. The Morgan fingerprint density at radius 3 is 2.79 bits per heavy atom. The summed E-state index contributed by atoms with van der Waals surface area (Å²) in [4.78, 5) is 0. The first kappa shape index (κ1) is 12.5. The number of ether oxygens (including phenoxy) is 1. The Labute approximate surface area is 114 Å². The number of methoxy groups -OCH3 is 1. The molecule has 0 aliphatic heterocycles. The van der Waals surface area contributed by atoms with Crippen molar-refractivity contribution in [2.75, 3.05) is 13.7 Å². The van der Waals surface area contributed by atoms with Crippen LogP contribution in [0.3, 0.4) is 0 Å². The average Bonchev–Trinajstić information content (AvgIpc) is 3.30. The number of benzene rings is 1. The smallest absolute Gasteiger partial charge is 0.123 e. The first-order valence-electron chi connectivity index (χ1n) is 7.05. The third kappa shape index (κ3) is 2.59. The Morgan fingerprint density at radius 2 is 2.21 bits per heavy atom. The molecule has 19 heavy (non-hydrogen) atoms. The number of nitrogens with zero attached hydrogens (tertiary/aromatic N) is 1. The van der Waals surface area contributed by atoms with E-state index in [1.165, 1.54) is 25.7 Å². The lowest BCUT2D eigenvalue weighted by Gasteiger charge is -2.16. The van der Waals surface area contributed by atoms with Gasteiger partial charge in [0.25, 0.3) is 0 Å².